The fraction of sp³-hybridized carbons (Fsp3) is 0.0769. The molecule has 1 amide bonds. The van der Waals surface area contributed by atoms with Crippen molar-refractivity contribution in [3.63, 3.8) is 0 Å². The highest BCUT2D eigenvalue weighted by molar-refractivity contribution is 9.10. The van der Waals surface area contributed by atoms with Crippen LogP contribution in [0.4, 0.5) is 0 Å². The summed E-state index contributed by atoms with van der Waals surface area (Å²) in [6, 6.07) is 27.1. The van der Waals surface area contributed by atoms with Crippen molar-refractivity contribution in [3.05, 3.63) is 106 Å². The van der Waals surface area contributed by atoms with Crippen LogP contribution in [0.2, 0.25) is 0 Å². The molecule has 0 aliphatic rings. The lowest BCUT2D eigenvalue weighted by molar-refractivity contribution is 0.0954. The molecule has 4 rings (SSSR count). The molecule has 5 nitrogen and oxygen atoms in total. The zero-order valence-corrected chi connectivity index (χ0v) is 19.0. The molecule has 4 aromatic carbocycles. The number of carbonyl (C=O) groups is 1. The minimum Gasteiger partial charge on any atom is -0.493 e. The van der Waals surface area contributed by atoms with Crippen molar-refractivity contribution in [1.82, 2.24) is 5.43 Å². The molecule has 0 unspecified atom stereocenters. The van der Waals surface area contributed by atoms with Gasteiger partial charge in [0.05, 0.1) is 18.9 Å². The monoisotopic (exact) mass is 488 g/mol. The molecule has 0 aromatic heterocycles. The van der Waals surface area contributed by atoms with Crippen molar-refractivity contribution in [1.29, 1.82) is 0 Å². The minimum absolute atomic E-state index is 0.296. The zero-order chi connectivity index (χ0) is 22.3. The SMILES string of the molecule is COc1cc(/C=N\NC(=O)c2ccccc2Br)ccc1OCc1cccc2ccccc12. The first kappa shape index (κ1) is 21.6. The predicted molar refractivity (Wildman–Crippen MR) is 130 cm³/mol. The Kier molecular flexibility index (Phi) is 6.82. The van der Waals surface area contributed by atoms with Crippen molar-refractivity contribution >= 4 is 38.8 Å². The summed E-state index contributed by atoms with van der Waals surface area (Å²) in [7, 11) is 1.59. The third-order valence-corrected chi connectivity index (χ3v) is 5.64. The molecule has 32 heavy (non-hydrogen) atoms. The first-order chi connectivity index (χ1) is 15.7. The van der Waals surface area contributed by atoms with Crippen LogP contribution in [0.5, 0.6) is 11.5 Å². The average molecular weight is 489 g/mol. The van der Waals surface area contributed by atoms with Gasteiger partial charge >= 0.3 is 0 Å². The Bertz CT molecular complexity index is 1280. The second-order valence-corrected chi connectivity index (χ2v) is 7.87. The molecule has 0 bridgehead atoms. The number of amides is 1. The number of fused-ring (bicyclic) bond motifs is 1. The molecule has 0 spiro atoms. The largest absolute Gasteiger partial charge is 0.493 e. The number of carbonyl (C=O) groups excluding carboxylic acids is 1. The van der Waals surface area contributed by atoms with Crippen LogP contribution >= 0.6 is 15.9 Å². The Labute approximate surface area is 194 Å². The molecule has 160 valence electrons. The van der Waals surface area contributed by atoms with Crippen LogP contribution in [0.15, 0.2) is 94.5 Å². The number of methoxy groups -OCH3 is 1. The Morgan fingerprint density at radius 3 is 2.59 bits per heavy atom. The normalized spacial score (nSPS) is 10.9. The lowest BCUT2D eigenvalue weighted by Gasteiger charge is -2.12. The molecule has 0 radical (unpaired) electrons. The van der Waals surface area contributed by atoms with Gasteiger partial charge in [-0.15, -0.1) is 0 Å². The molecule has 1 N–H and O–H groups in total. The van der Waals surface area contributed by atoms with Gasteiger partial charge in [0.1, 0.15) is 6.61 Å². The fourth-order valence-corrected chi connectivity index (χ4v) is 3.79. The first-order valence-electron chi connectivity index (χ1n) is 10.0. The first-order valence-corrected chi connectivity index (χ1v) is 10.8. The Balaban J connectivity index is 1.44. The van der Waals surface area contributed by atoms with Crippen molar-refractivity contribution in [2.75, 3.05) is 7.11 Å². The van der Waals surface area contributed by atoms with Gasteiger partial charge in [-0.05, 0) is 68.2 Å². The number of halogens is 1. The van der Waals surface area contributed by atoms with Crippen LogP contribution in [0, 0.1) is 0 Å². The molecule has 0 aliphatic carbocycles. The fourth-order valence-electron chi connectivity index (χ4n) is 3.33. The summed E-state index contributed by atoms with van der Waals surface area (Å²) in [5.74, 6) is 0.928. The van der Waals surface area contributed by atoms with E-state index in [-0.39, 0.29) is 5.91 Å². The third kappa shape index (κ3) is 4.98. The van der Waals surface area contributed by atoms with Gasteiger partial charge in [0, 0.05) is 4.47 Å². The molecule has 6 heteroatoms. The van der Waals surface area contributed by atoms with Crippen molar-refractivity contribution in [2.24, 2.45) is 5.10 Å². The van der Waals surface area contributed by atoms with Crippen LogP contribution < -0.4 is 14.9 Å². The molecule has 0 saturated carbocycles. The van der Waals surface area contributed by atoms with Gasteiger partial charge in [-0.3, -0.25) is 4.79 Å². The molecule has 4 aromatic rings. The predicted octanol–water partition coefficient (Wildman–Crippen LogP) is 5.95. The molecule has 0 fully saturated rings. The second kappa shape index (κ2) is 10.1. The smallest absolute Gasteiger partial charge is 0.272 e. The molecule has 0 heterocycles. The van der Waals surface area contributed by atoms with Gasteiger partial charge < -0.3 is 9.47 Å². The van der Waals surface area contributed by atoms with Gasteiger partial charge in [-0.2, -0.15) is 5.10 Å². The van der Waals surface area contributed by atoms with E-state index < -0.39 is 0 Å². The van der Waals surface area contributed by atoms with Crippen LogP contribution in [-0.4, -0.2) is 19.2 Å². The van der Waals surface area contributed by atoms with E-state index in [4.69, 9.17) is 9.47 Å². The second-order valence-electron chi connectivity index (χ2n) is 7.02. The number of hydrogen-bond acceptors (Lipinski definition) is 4. The minimum atomic E-state index is -0.296. The topological polar surface area (TPSA) is 59.9 Å². The number of hydrogen-bond donors (Lipinski definition) is 1. The van der Waals surface area contributed by atoms with E-state index in [0.717, 1.165) is 11.1 Å². The highest BCUT2D eigenvalue weighted by Crippen LogP contribution is 2.29. The summed E-state index contributed by atoms with van der Waals surface area (Å²) < 4.78 is 12.3. The molecule has 0 atom stereocenters. The summed E-state index contributed by atoms with van der Waals surface area (Å²) in [5, 5.41) is 6.39. The number of rotatable bonds is 7. The third-order valence-electron chi connectivity index (χ3n) is 4.95. The molecule has 0 saturated heterocycles. The number of benzene rings is 4. The van der Waals surface area contributed by atoms with Crippen molar-refractivity contribution < 1.29 is 14.3 Å². The maximum absolute atomic E-state index is 12.2. The highest BCUT2D eigenvalue weighted by Gasteiger charge is 2.09. The van der Waals surface area contributed by atoms with E-state index in [1.54, 1.807) is 31.5 Å². The summed E-state index contributed by atoms with van der Waals surface area (Å²) in [4.78, 5) is 12.2. The quantitative estimate of drug-likeness (QED) is 0.258. The highest BCUT2D eigenvalue weighted by atomic mass is 79.9. The van der Waals surface area contributed by atoms with Gasteiger partial charge in [-0.1, -0.05) is 54.6 Å². The Morgan fingerprint density at radius 1 is 0.969 bits per heavy atom. The van der Waals surface area contributed by atoms with Crippen LogP contribution in [-0.2, 0) is 6.61 Å². The number of hydrazone groups is 1. The van der Waals surface area contributed by atoms with E-state index in [9.17, 15) is 4.79 Å². The maximum atomic E-state index is 12.2. The van der Waals surface area contributed by atoms with Gasteiger partial charge in [0.2, 0.25) is 0 Å². The number of ether oxygens (including phenoxy) is 2. The Hall–Kier alpha value is -3.64. The summed E-state index contributed by atoms with van der Waals surface area (Å²) in [6.07, 6.45) is 1.56. The van der Waals surface area contributed by atoms with Crippen molar-refractivity contribution in [2.45, 2.75) is 6.61 Å². The van der Waals surface area contributed by atoms with Crippen LogP contribution in [0.25, 0.3) is 10.8 Å². The summed E-state index contributed by atoms with van der Waals surface area (Å²) in [6.45, 7) is 0.424. The lowest BCUT2D eigenvalue weighted by Crippen LogP contribution is -2.18. The van der Waals surface area contributed by atoms with E-state index in [0.29, 0.717) is 28.1 Å². The van der Waals surface area contributed by atoms with Crippen LogP contribution in [0.3, 0.4) is 0 Å². The van der Waals surface area contributed by atoms with E-state index in [1.807, 2.05) is 42.5 Å². The number of nitrogens with one attached hydrogen (secondary N) is 1. The summed E-state index contributed by atoms with van der Waals surface area (Å²) >= 11 is 3.36. The average Bonchev–Trinajstić information content (AvgIpc) is 2.83. The van der Waals surface area contributed by atoms with Gasteiger partial charge in [0.15, 0.2) is 11.5 Å². The van der Waals surface area contributed by atoms with Gasteiger partial charge in [-0.25, -0.2) is 5.43 Å². The standard InChI is InChI=1S/C26H21BrN2O3/c1-31-25-15-18(16-28-29-26(30)22-11-4-5-12-23(22)27)13-14-24(25)32-17-20-9-6-8-19-7-2-3-10-21(19)20/h2-16H,17H2,1H3,(H,29,30)/b28-16-. The zero-order valence-electron chi connectivity index (χ0n) is 17.4. The maximum Gasteiger partial charge on any atom is 0.272 e. The van der Waals surface area contributed by atoms with Crippen LogP contribution in [0.1, 0.15) is 21.5 Å². The Morgan fingerprint density at radius 2 is 1.75 bits per heavy atom. The van der Waals surface area contributed by atoms with E-state index >= 15 is 0 Å². The number of nitrogens with zero attached hydrogens (tertiary/aromatic N) is 1. The van der Waals surface area contributed by atoms with Crippen molar-refractivity contribution in [3.8, 4) is 11.5 Å². The molecular weight excluding hydrogens is 468 g/mol. The molecular formula is C26H21BrN2O3. The summed E-state index contributed by atoms with van der Waals surface area (Å²) in [5.41, 5.74) is 4.92. The van der Waals surface area contributed by atoms with Gasteiger partial charge in [0.25, 0.3) is 5.91 Å². The lowest BCUT2D eigenvalue weighted by atomic mass is 10.1. The van der Waals surface area contributed by atoms with E-state index in [1.165, 1.54) is 10.8 Å². The van der Waals surface area contributed by atoms with E-state index in [2.05, 4.69) is 50.7 Å². The molecule has 0 aliphatic heterocycles.